The number of ether oxygens (including phenoxy) is 2. The van der Waals surface area contributed by atoms with E-state index in [-0.39, 0.29) is 18.4 Å². The van der Waals surface area contributed by atoms with Crippen molar-refractivity contribution in [1.29, 1.82) is 0 Å². The number of anilines is 1. The largest absolute Gasteiger partial charge is 0.471 e. The van der Waals surface area contributed by atoms with Crippen LogP contribution in [0.1, 0.15) is 25.0 Å². The first kappa shape index (κ1) is 21.9. The van der Waals surface area contributed by atoms with Gasteiger partial charge < -0.3 is 20.1 Å². The lowest BCUT2D eigenvalue weighted by atomic mass is 9.88. The molecule has 30 heavy (non-hydrogen) atoms. The Bertz CT molecular complexity index is 986. The third-order valence-electron chi connectivity index (χ3n) is 5.05. The Balaban J connectivity index is 1.88. The molecule has 0 spiro atoms. The van der Waals surface area contributed by atoms with Crippen molar-refractivity contribution in [2.45, 2.75) is 27.0 Å². The van der Waals surface area contributed by atoms with Crippen LogP contribution in [0.25, 0.3) is 5.57 Å². The smallest absolute Gasteiger partial charge is 0.258 e. The number of carbonyl (C=O) groups is 2. The predicted octanol–water partition coefficient (Wildman–Crippen LogP) is 4.14. The van der Waals surface area contributed by atoms with Crippen molar-refractivity contribution < 1.29 is 19.1 Å². The van der Waals surface area contributed by atoms with Crippen LogP contribution in [0.2, 0.25) is 5.02 Å². The molecule has 0 saturated heterocycles. The number of rotatable bonds is 6. The highest BCUT2D eigenvalue weighted by molar-refractivity contribution is 6.31. The molecule has 1 unspecified atom stereocenters. The summed E-state index contributed by atoms with van der Waals surface area (Å²) in [4.78, 5) is 26.0. The molecule has 3 rings (SSSR count). The van der Waals surface area contributed by atoms with E-state index in [0.29, 0.717) is 22.0 Å². The zero-order valence-electron chi connectivity index (χ0n) is 17.4. The third kappa shape index (κ3) is 4.50. The number of hydrogen-bond donors (Lipinski definition) is 2. The van der Waals surface area contributed by atoms with Crippen LogP contribution in [0.5, 0.6) is 0 Å². The molecule has 158 valence electrons. The second-order valence-electron chi connectivity index (χ2n) is 7.70. The molecule has 0 fully saturated rings. The van der Waals surface area contributed by atoms with Crippen LogP contribution in [0.4, 0.5) is 5.69 Å². The predicted molar refractivity (Wildman–Crippen MR) is 117 cm³/mol. The number of benzene rings is 2. The molecule has 0 saturated carbocycles. The first-order valence-electron chi connectivity index (χ1n) is 9.56. The van der Waals surface area contributed by atoms with E-state index in [1.54, 1.807) is 26.0 Å². The molecular weight excluding hydrogens is 404 g/mol. The van der Waals surface area contributed by atoms with E-state index >= 15 is 0 Å². The van der Waals surface area contributed by atoms with Gasteiger partial charge in [0.1, 0.15) is 12.4 Å². The van der Waals surface area contributed by atoms with E-state index in [2.05, 4.69) is 10.6 Å². The molecule has 2 N–H and O–H groups in total. The normalized spacial score (nSPS) is 16.7. The number of methoxy groups -OCH3 is 1. The van der Waals surface area contributed by atoms with E-state index in [4.69, 9.17) is 21.1 Å². The van der Waals surface area contributed by atoms with Gasteiger partial charge in [-0.1, -0.05) is 48.0 Å². The average molecular weight is 429 g/mol. The summed E-state index contributed by atoms with van der Waals surface area (Å²) >= 11 is 6.06. The van der Waals surface area contributed by atoms with E-state index in [0.717, 1.165) is 11.1 Å². The fourth-order valence-electron chi connectivity index (χ4n) is 3.14. The zero-order chi connectivity index (χ0) is 21.9. The van der Waals surface area contributed by atoms with Gasteiger partial charge in [0.05, 0.1) is 11.0 Å². The van der Waals surface area contributed by atoms with Crippen LogP contribution in [0.15, 0.2) is 54.3 Å². The van der Waals surface area contributed by atoms with Gasteiger partial charge in [-0.3, -0.25) is 9.59 Å². The topological polar surface area (TPSA) is 76.7 Å². The first-order valence-corrected chi connectivity index (χ1v) is 9.94. The maximum atomic E-state index is 13.1. The summed E-state index contributed by atoms with van der Waals surface area (Å²) in [6, 6.07) is 14.5. The summed E-state index contributed by atoms with van der Waals surface area (Å²) in [5, 5.41) is 6.24. The van der Waals surface area contributed by atoms with E-state index in [1.165, 1.54) is 7.11 Å². The Morgan fingerprint density at radius 3 is 2.60 bits per heavy atom. The summed E-state index contributed by atoms with van der Waals surface area (Å²) < 4.78 is 11.3. The molecule has 0 radical (unpaired) electrons. The van der Waals surface area contributed by atoms with Gasteiger partial charge in [0.25, 0.3) is 5.91 Å². The number of nitrogens with one attached hydrogen (secondary N) is 2. The maximum Gasteiger partial charge on any atom is 0.258 e. The maximum absolute atomic E-state index is 13.1. The fourth-order valence-corrected chi connectivity index (χ4v) is 3.31. The molecule has 0 bridgehead atoms. The third-order valence-corrected chi connectivity index (χ3v) is 5.29. The van der Waals surface area contributed by atoms with Crippen molar-refractivity contribution in [3.05, 3.63) is 70.4 Å². The molecule has 6 nitrogen and oxygen atoms in total. The summed E-state index contributed by atoms with van der Waals surface area (Å²) in [6.45, 7) is 5.42. The Hall–Kier alpha value is -2.83. The van der Waals surface area contributed by atoms with Gasteiger partial charge in [0.2, 0.25) is 5.91 Å². The molecule has 0 aromatic heterocycles. The van der Waals surface area contributed by atoms with Crippen molar-refractivity contribution in [2.75, 3.05) is 19.0 Å². The molecule has 1 aliphatic rings. The molecule has 1 heterocycles. The minimum absolute atomic E-state index is 0.110. The standard InChI is InChI=1S/C23H25ClN2O4/c1-14-10-11-16(24)12-17(14)25-21(28)23(2,3)22-26-20(27)19(18(30-22)13-29-4)15-8-6-5-7-9-15/h5-12,22H,13H2,1-4H3,(H,25,28)(H,26,27). The van der Waals surface area contributed by atoms with E-state index in [9.17, 15) is 9.59 Å². The van der Waals surface area contributed by atoms with Crippen LogP contribution in [0, 0.1) is 12.3 Å². The SMILES string of the molecule is COCC1=C(c2ccccc2)C(=O)NC(C(C)(C)C(=O)Nc2cc(Cl)ccc2C)O1. The molecule has 2 aromatic rings. The molecule has 7 heteroatoms. The Morgan fingerprint density at radius 2 is 1.93 bits per heavy atom. The average Bonchev–Trinajstić information content (AvgIpc) is 2.71. The second-order valence-corrected chi connectivity index (χ2v) is 8.14. The number of halogens is 1. The van der Waals surface area contributed by atoms with Gasteiger partial charge in [-0.05, 0) is 44.0 Å². The summed E-state index contributed by atoms with van der Waals surface area (Å²) in [6.07, 6.45) is -0.873. The number of hydrogen-bond acceptors (Lipinski definition) is 4. The van der Waals surface area contributed by atoms with Crippen molar-refractivity contribution in [2.24, 2.45) is 5.41 Å². The van der Waals surface area contributed by atoms with Gasteiger partial charge in [0, 0.05) is 17.8 Å². The lowest BCUT2D eigenvalue weighted by molar-refractivity contribution is -0.138. The zero-order valence-corrected chi connectivity index (χ0v) is 18.2. The molecule has 1 atom stereocenters. The lowest BCUT2D eigenvalue weighted by Gasteiger charge is -2.37. The van der Waals surface area contributed by atoms with Gasteiger partial charge in [-0.25, -0.2) is 0 Å². The minimum Gasteiger partial charge on any atom is -0.471 e. The Kier molecular flexibility index (Phi) is 6.48. The van der Waals surface area contributed by atoms with Gasteiger partial charge >= 0.3 is 0 Å². The summed E-state index contributed by atoms with van der Waals surface area (Å²) in [7, 11) is 1.53. The second kappa shape index (κ2) is 8.90. The molecular formula is C23H25ClN2O4. The summed E-state index contributed by atoms with van der Waals surface area (Å²) in [5.41, 5.74) is 1.53. The molecule has 0 aliphatic carbocycles. The number of carbonyl (C=O) groups excluding carboxylic acids is 2. The van der Waals surface area contributed by atoms with E-state index in [1.807, 2.05) is 43.3 Å². The lowest BCUT2D eigenvalue weighted by Crippen LogP contribution is -2.54. The first-order chi connectivity index (χ1) is 14.2. The van der Waals surface area contributed by atoms with Gasteiger partial charge in [0.15, 0.2) is 6.23 Å². The molecule has 1 aliphatic heterocycles. The Morgan fingerprint density at radius 1 is 1.23 bits per heavy atom. The van der Waals surface area contributed by atoms with Crippen molar-refractivity contribution in [3.63, 3.8) is 0 Å². The van der Waals surface area contributed by atoms with Crippen molar-refractivity contribution >= 4 is 34.7 Å². The van der Waals surface area contributed by atoms with Crippen LogP contribution >= 0.6 is 11.6 Å². The minimum atomic E-state index is -1.08. The van der Waals surface area contributed by atoms with Crippen LogP contribution < -0.4 is 10.6 Å². The highest BCUT2D eigenvalue weighted by Crippen LogP contribution is 2.33. The Labute approximate surface area is 181 Å². The van der Waals surface area contributed by atoms with Crippen LogP contribution in [-0.4, -0.2) is 31.8 Å². The van der Waals surface area contributed by atoms with Gasteiger partial charge in [-0.2, -0.15) is 0 Å². The quantitative estimate of drug-likeness (QED) is 0.724. The number of aryl methyl sites for hydroxylation is 1. The fraction of sp³-hybridized carbons (Fsp3) is 0.304. The highest BCUT2D eigenvalue weighted by atomic mass is 35.5. The van der Waals surface area contributed by atoms with Crippen molar-refractivity contribution in [1.82, 2.24) is 5.32 Å². The van der Waals surface area contributed by atoms with Crippen LogP contribution in [0.3, 0.4) is 0 Å². The van der Waals surface area contributed by atoms with Crippen LogP contribution in [-0.2, 0) is 19.1 Å². The van der Waals surface area contributed by atoms with E-state index < -0.39 is 11.6 Å². The van der Waals surface area contributed by atoms with Gasteiger partial charge in [-0.15, -0.1) is 0 Å². The highest BCUT2D eigenvalue weighted by Gasteiger charge is 2.43. The number of amides is 2. The monoisotopic (exact) mass is 428 g/mol. The molecule has 2 aromatic carbocycles. The molecule has 2 amide bonds. The summed E-state index contributed by atoms with van der Waals surface area (Å²) in [5.74, 6) is -0.236. The van der Waals surface area contributed by atoms with Crippen molar-refractivity contribution in [3.8, 4) is 0 Å².